The fraction of sp³-hybridized carbons (Fsp3) is 0.615. The van der Waals surface area contributed by atoms with Crippen LogP contribution in [0.4, 0.5) is 0 Å². The number of hydrogen-bond acceptors (Lipinski definition) is 4. The van der Waals surface area contributed by atoms with E-state index in [-0.39, 0.29) is 23.3 Å². The first kappa shape index (κ1) is 14.1. The number of amides is 1. The molecule has 0 spiro atoms. The van der Waals surface area contributed by atoms with E-state index < -0.39 is 0 Å². The lowest BCUT2D eigenvalue weighted by Gasteiger charge is -2.10. The van der Waals surface area contributed by atoms with Gasteiger partial charge in [0.1, 0.15) is 0 Å². The molecule has 2 rings (SSSR count). The van der Waals surface area contributed by atoms with Crippen LogP contribution in [-0.4, -0.2) is 27.7 Å². The molecule has 0 saturated carbocycles. The predicted octanol–water partition coefficient (Wildman–Crippen LogP) is 1.27. The van der Waals surface area contributed by atoms with Gasteiger partial charge in [0.15, 0.2) is 5.16 Å². The molecule has 1 aliphatic rings. The summed E-state index contributed by atoms with van der Waals surface area (Å²) in [6.45, 7) is 4.00. The fourth-order valence-electron chi connectivity index (χ4n) is 2.04. The first-order valence-electron chi connectivity index (χ1n) is 6.64. The lowest BCUT2D eigenvalue weighted by molar-refractivity contribution is -0.119. The van der Waals surface area contributed by atoms with E-state index >= 15 is 0 Å². The number of aromatic nitrogens is 2. The largest absolute Gasteiger partial charge is 0.353 e. The van der Waals surface area contributed by atoms with Crippen molar-refractivity contribution in [1.82, 2.24) is 15.3 Å². The summed E-state index contributed by atoms with van der Waals surface area (Å²) in [6.07, 6.45) is 3.58. The monoisotopic (exact) mass is 281 g/mol. The number of fused-ring (bicyclic) bond motifs is 1. The average Bonchev–Trinajstić information content (AvgIpc) is 2.85. The molecule has 19 heavy (non-hydrogen) atoms. The Balaban J connectivity index is 1.95. The summed E-state index contributed by atoms with van der Waals surface area (Å²) in [5.41, 5.74) is 1.66. The van der Waals surface area contributed by atoms with Gasteiger partial charge in [0, 0.05) is 11.6 Å². The van der Waals surface area contributed by atoms with E-state index in [0.29, 0.717) is 5.16 Å². The van der Waals surface area contributed by atoms with E-state index in [1.807, 2.05) is 13.8 Å². The minimum Gasteiger partial charge on any atom is -0.353 e. The van der Waals surface area contributed by atoms with Crippen LogP contribution < -0.4 is 10.9 Å². The van der Waals surface area contributed by atoms with Crippen LogP contribution in [0.15, 0.2) is 9.95 Å². The third-order valence-corrected chi connectivity index (χ3v) is 4.15. The number of carbonyl (C=O) groups excluding carboxylic acids is 1. The molecule has 0 aliphatic heterocycles. The molecule has 0 fully saturated rings. The Labute approximate surface area is 116 Å². The zero-order valence-corrected chi connectivity index (χ0v) is 12.1. The van der Waals surface area contributed by atoms with Crippen molar-refractivity contribution in [1.29, 1.82) is 0 Å². The molecule has 104 valence electrons. The van der Waals surface area contributed by atoms with E-state index in [9.17, 15) is 9.59 Å². The summed E-state index contributed by atoms with van der Waals surface area (Å²) in [6, 6.07) is 0.181. The highest BCUT2D eigenvalue weighted by Gasteiger charge is 2.17. The molecule has 0 saturated heterocycles. The molecule has 1 aliphatic carbocycles. The highest BCUT2D eigenvalue weighted by molar-refractivity contribution is 7.99. The number of nitrogens with zero attached hydrogens (tertiary/aromatic N) is 1. The van der Waals surface area contributed by atoms with Crippen LogP contribution in [0.5, 0.6) is 0 Å². The van der Waals surface area contributed by atoms with Crippen molar-refractivity contribution in [2.45, 2.75) is 50.7 Å². The maximum atomic E-state index is 11.8. The second kappa shape index (κ2) is 6.23. The molecular formula is C13H19N3O2S. The molecule has 1 aromatic heterocycles. The number of aromatic amines is 1. The van der Waals surface area contributed by atoms with Gasteiger partial charge < -0.3 is 10.3 Å². The Morgan fingerprint density at radius 3 is 3.05 bits per heavy atom. The second-order valence-electron chi connectivity index (χ2n) is 4.82. The van der Waals surface area contributed by atoms with Crippen molar-refractivity contribution in [3.63, 3.8) is 0 Å². The third kappa shape index (κ3) is 3.59. The van der Waals surface area contributed by atoms with Crippen LogP contribution in [0.1, 0.15) is 37.9 Å². The molecule has 0 bridgehead atoms. The van der Waals surface area contributed by atoms with E-state index in [0.717, 1.165) is 36.9 Å². The summed E-state index contributed by atoms with van der Waals surface area (Å²) in [7, 11) is 0. The Hall–Kier alpha value is -1.30. The van der Waals surface area contributed by atoms with Crippen LogP contribution in [0, 0.1) is 0 Å². The number of nitrogens with one attached hydrogen (secondary N) is 2. The average molecular weight is 281 g/mol. The summed E-state index contributed by atoms with van der Waals surface area (Å²) >= 11 is 1.28. The second-order valence-corrected chi connectivity index (χ2v) is 5.78. The number of hydrogen-bond donors (Lipinski definition) is 2. The van der Waals surface area contributed by atoms with Gasteiger partial charge in [0.05, 0.1) is 11.4 Å². The van der Waals surface area contributed by atoms with Gasteiger partial charge in [0.25, 0.3) is 5.56 Å². The molecule has 0 unspecified atom stereocenters. The Morgan fingerprint density at radius 2 is 2.32 bits per heavy atom. The van der Waals surface area contributed by atoms with Crippen LogP contribution in [0.25, 0.3) is 0 Å². The molecule has 1 aromatic rings. The molecule has 5 nitrogen and oxygen atoms in total. The minimum atomic E-state index is -0.0488. The number of H-pyrrole nitrogens is 1. The Morgan fingerprint density at radius 1 is 1.53 bits per heavy atom. The first-order chi connectivity index (χ1) is 9.10. The number of rotatable bonds is 5. The van der Waals surface area contributed by atoms with Gasteiger partial charge in [-0.05, 0) is 32.6 Å². The third-order valence-electron chi connectivity index (χ3n) is 3.28. The van der Waals surface area contributed by atoms with Crippen molar-refractivity contribution in [3.05, 3.63) is 21.6 Å². The van der Waals surface area contributed by atoms with Gasteiger partial charge in [-0.3, -0.25) is 9.59 Å². The molecular weight excluding hydrogens is 262 g/mol. The summed E-state index contributed by atoms with van der Waals surface area (Å²) in [5, 5.41) is 3.43. The summed E-state index contributed by atoms with van der Waals surface area (Å²) in [5.74, 6) is 0.258. The first-order valence-corrected chi connectivity index (χ1v) is 7.63. The maximum Gasteiger partial charge on any atom is 0.254 e. The minimum absolute atomic E-state index is 0.0255. The summed E-state index contributed by atoms with van der Waals surface area (Å²) in [4.78, 5) is 30.6. The lowest BCUT2D eigenvalue weighted by Crippen LogP contribution is -2.33. The predicted molar refractivity (Wildman–Crippen MR) is 75.5 cm³/mol. The van der Waals surface area contributed by atoms with Crippen molar-refractivity contribution >= 4 is 17.7 Å². The van der Waals surface area contributed by atoms with Gasteiger partial charge in [-0.2, -0.15) is 0 Å². The van der Waals surface area contributed by atoms with E-state index in [1.54, 1.807) is 0 Å². The summed E-state index contributed by atoms with van der Waals surface area (Å²) < 4.78 is 0. The van der Waals surface area contributed by atoms with Crippen LogP contribution in [0.2, 0.25) is 0 Å². The Kier molecular flexibility index (Phi) is 4.63. The van der Waals surface area contributed by atoms with Crippen molar-refractivity contribution in [3.8, 4) is 0 Å². The number of aryl methyl sites for hydroxylation is 1. The van der Waals surface area contributed by atoms with Crippen molar-refractivity contribution in [2.24, 2.45) is 0 Å². The van der Waals surface area contributed by atoms with Gasteiger partial charge in [-0.1, -0.05) is 18.7 Å². The standard InChI is InChI=1S/C13H19N3O2S/c1-3-8(2)14-11(17)7-19-13-15-10-6-4-5-9(10)12(18)16-13/h8H,3-7H2,1-2H3,(H,14,17)(H,15,16,18)/t8-/m1/s1. The van der Waals surface area contributed by atoms with Crippen LogP contribution >= 0.6 is 11.8 Å². The van der Waals surface area contributed by atoms with E-state index in [4.69, 9.17) is 0 Å². The molecule has 1 atom stereocenters. The molecule has 0 radical (unpaired) electrons. The molecule has 1 amide bonds. The van der Waals surface area contributed by atoms with E-state index in [1.165, 1.54) is 11.8 Å². The maximum absolute atomic E-state index is 11.8. The Bertz CT molecular complexity index is 527. The van der Waals surface area contributed by atoms with E-state index in [2.05, 4.69) is 15.3 Å². The van der Waals surface area contributed by atoms with Crippen LogP contribution in [-0.2, 0) is 17.6 Å². The zero-order chi connectivity index (χ0) is 13.8. The number of thioether (sulfide) groups is 1. The molecule has 1 heterocycles. The SMILES string of the molecule is CC[C@@H](C)NC(=O)CSc1nc2c(c(=O)[nH]1)CCC2. The quantitative estimate of drug-likeness (QED) is 0.629. The highest BCUT2D eigenvalue weighted by Crippen LogP contribution is 2.19. The van der Waals surface area contributed by atoms with Gasteiger partial charge >= 0.3 is 0 Å². The molecule has 0 aromatic carbocycles. The highest BCUT2D eigenvalue weighted by atomic mass is 32.2. The van der Waals surface area contributed by atoms with Gasteiger partial charge in [0.2, 0.25) is 5.91 Å². The van der Waals surface area contributed by atoms with Crippen LogP contribution in [0.3, 0.4) is 0 Å². The lowest BCUT2D eigenvalue weighted by atomic mass is 10.3. The molecule has 6 heteroatoms. The topological polar surface area (TPSA) is 74.8 Å². The normalized spacial score (nSPS) is 15.1. The smallest absolute Gasteiger partial charge is 0.254 e. The zero-order valence-electron chi connectivity index (χ0n) is 11.3. The van der Waals surface area contributed by atoms with Crippen molar-refractivity contribution < 1.29 is 4.79 Å². The fourth-order valence-corrected chi connectivity index (χ4v) is 2.73. The number of carbonyl (C=O) groups is 1. The van der Waals surface area contributed by atoms with Gasteiger partial charge in [-0.15, -0.1) is 0 Å². The molecule has 2 N–H and O–H groups in total. The van der Waals surface area contributed by atoms with Gasteiger partial charge in [-0.25, -0.2) is 4.98 Å². The van der Waals surface area contributed by atoms with Crippen molar-refractivity contribution in [2.75, 3.05) is 5.75 Å².